The average Bonchev–Trinajstić information content (AvgIpc) is 2.24. The van der Waals surface area contributed by atoms with Crippen LogP contribution in [0.25, 0.3) is 0 Å². The Kier molecular flexibility index (Phi) is 7.23. The van der Waals surface area contributed by atoms with Gasteiger partial charge >= 0.3 is 6.18 Å². The first-order valence-corrected chi connectivity index (χ1v) is 5.41. The van der Waals surface area contributed by atoms with Crippen LogP contribution in [-0.4, -0.2) is 13.1 Å². The van der Waals surface area contributed by atoms with Crippen LogP contribution < -0.4 is 5.32 Å². The van der Waals surface area contributed by atoms with Crippen molar-refractivity contribution in [2.24, 2.45) is 0 Å². The predicted octanol–water partition coefficient (Wildman–Crippen LogP) is 3.67. The van der Waals surface area contributed by atoms with Crippen LogP contribution in [0.4, 0.5) is 13.2 Å². The molecule has 0 spiro atoms. The van der Waals surface area contributed by atoms with Crippen LogP contribution in [0.5, 0.6) is 0 Å². The third kappa shape index (κ3) is 5.94. The highest BCUT2D eigenvalue weighted by Gasteiger charge is 2.30. The van der Waals surface area contributed by atoms with E-state index in [1.807, 2.05) is 0 Å². The van der Waals surface area contributed by atoms with Crippen molar-refractivity contribution >= 4 is 12.4 Å². The van der Waals surface area contributed by atoms with E-state index in [4.69, 9.17) is 0 Å². The molecule has 0 radical (unpaired) electrons. The van der Waals surface area contributed by atoms with Gasteiger partial charge in [0, 0.05) is 0 Å². The molecule has 98 valence electrons. The summed E-state index contributed by atoms with van der Waals surface area (Å²) < 4.78 is 37.2. The lowest BCUT2D eigenvalue weighted by Crippen LogP contribution is -2.18. The lowest BCUT2D eigenvalue weighted by Gasteiger charge is -2.09. The van der Waals surface area contributed by atoms with Gasteiger partial charge in [0.1, 0.15) is 0 Å². The minimum Gasteiger partial charge on any atom is -0.316 e. The Bertz CT molecular complexity index is 326. The Morgan fingerprint density at radius 3 is 2.47 bits per heavy atom. The van der Waals surface area contributed by atoms with Gasteiger partial charge < -0.3 is 5.32 Å². The van der Waals surface area contributed by atoms with Gasteiger partial charge in [0.05, 0.1) is 5.56 Å². The van der Waals surface area contributed by atoms with Crippen molar-refractivity contribution in [3.63, 3.8) is 0 Å². The smallest absolute Gasteiger partial charge is 0.316 e. The van der Waals surface area contributed by atoms with E-state index in [1.165, 1.54) is 12.1 Å². The molecule has 5 heteroatoms. The third-order valence-electron chi connectivity index (χ3n) is 2.27. The summed E-state index contributed by atoms with van der Waals surface area (Å²) in [4.78, 5) is 0. The Morgan fingerprint density at radius 1 is 1.18 bits per heavy atom. The quantitative estimate of drug-likeness (QED) is 0.803. The molecule has 1 aromatic rings. The summed E-state index contributed by atoms with van der Waals surface area (Å²) in [5.74, 6) is 0. The first-order chi connectivity index (χ1) is 7.54. The highest BCUT2D eigenvalue weighted by atomic mass is 35.5. The summed E-state index contributed by atoms with van der Waals surface area (Å²) in [6.07, 6.45) is -2.58. The predicted molar refractivity (Wildman–Crippen MR) is 65.6 cm³/mol. The van der Waals surface area contributed by atoms with Crippen molar-refractivity contribution < 1.29 is 13.2 Å². The molecule has 0 bridgehead atoms. The molecule has 1 aromatic carbocycles. The lowest BCUT2D eigenvalue weighted by molar-refractivity contribution is -0.137. The largest absolute Gasteiger partial charge is 0.416 e. The lowest BCUT2D eigenvalue weighted by atomic mass is 10.1. The maximum Gasteiger partial charge on any atom is 0.416 e. The van der Waals surface area contributed by atoms with Crippen LogP contribution in [0, 0.1) is 0 Å². The zero-order valence-corrected chi connectivity index (χ0v) is 10.5. The number of hydrogen-bond donors (Lipinski definition) is 1. The molecule has 0 aliphatic carbocycles. The van der Waals surface area contributed by atoms with E-state index in [0.717, 1.165) is 31.1 Å². The molecule has 0 atom stereocenters. The van der Waals surface area contributed by atoms with Crippen LogP contribution in [-0.2, 0) is 12.6 Å². The van der Waals surface area contributed by atoms with Crippen molar-refractivity contribution in [3.8, 4) is 0 Å². The number of rotatable bonds is 5. The molecule has 1 rings (SSSR count). The number of benzene rings is 1. The summed E-state index contributed by atoms with van der Waals surface area (Å²) in [5.41, 5.74) is 0.152. The summed E-state index contributed by atoms with van der Waals surface area (Å²) in [6, 6.07) is 5.50. The Hall–Kier alpha value is -0.740. The topological polar surface area (TPSA) is 12.0 Å². The second-order valence-electron chi connectivity index (χ2n) is 3.70. The van der Waals surface area contributed by atoms with Gasteiger partial charge in [0.25, 0.3) is 0 Å². The molecule has 0 saturated heterocycles. The Labute approximate surface area is 106 Å². The van der Waals surface area contributed by atoms with Crippen molar-refractivity contribution in [1.29, 1.82) is 0 Å². The highest BCUT2D eigenvalue weighted by molar-refractivity contribution is 5.85. The van der Waals surface area contributed by atoms with Crippen LogP contribution in [0.3, 0.4) is 0 Å². The van der Waals surface area contributed by atoms with Crippen molar-refractivity contribution in [1.82, 2.24) is 5.32 Å². The van der Waals surface area contributed by atoms with E-state index in [2.05, 4.69) is 12.2 Å². The average molecular weight is 268 g/mol. The molecular formula is C12H17ClF3N. The van der Waals surface area contributed by atoms with Gasteiger partial charge in [-0.15, -0.1) is 12.4 Å². The van der Waals surface area contributed by atoms with Crippen molar-refractivity contribution in [2.75, 3.05) is 13.1 Å². The zero-order valence-electron chi connectivity index (χ0n) is 9.68. The normalized spacial score (nSPS) is 11.1. The monoisotopic (exact) mass is 267 g/mol. The van der Waals surface area contributed by atoms with Crippen LogP contribution in [0.1, 0.15) is 24.5 Å². The highest BCUT2D eigenvalue weighted by Crippen LogP contribution is 2.29. The van der Waals surface area contributed by atoms with Crippen LogP contribution in [0.2, 0.25) is 0 Å². The molecule has 17 heavy (non-hydrogen) atoms. The number of nitrogens with one attached hydrogen (secondary N) is 1. The van der Waals surface area contributed by atoms with E-state index in [9.17, 15) is 13.2 Å². The maximum atomic E-state index is 12.4. The summed E-state index contributed by atoms with van der Waals surface area (Å²) >= 11 is 0. The van der Waals surface area contributed by atoms with E-state index in [0.29, 0.717) is 6.42 Å². The fourth-order valence-corrected chi connectivity index (χ4v) is 1.44. The maximum absolute atomic E-state index is 12.4. The SMILES string of the molecule is CCCNCCc1cccc(C(F)(F)F)c1.Cl. The molecule has 0 aromatic heterocycles. The van der Waals surface area contributed by atoms with Gasteiger partial charge in [0.15, 0.2) is 0 Å². The second-order valence-corrected chi connectivity index (χ2v) is 3.70. The fraction of sp³-hybridized carbons (Fsp3) is 0.500. The van der Waals surface area contributed by atoms with Crippen molar-refractivity contribution in [3.05, 3.63) is 35.4 Å². The minimum atomic E-state index is -4.24. The van der Waals surface area contributed by atoms with Gasteiger partial charge in [-0.3, -0.25) is 0 Å². The molecular weight excluding hydrogens is 251 g/mol. The minimum absolute atomic E-state index is 0. The van der Waals surface area contributed by atoms with Crippen LogP contribution in [0.15, 0.2) is 24.3 Å². The third-order valence-corrected chi connectivity index (χ3v) is 2.27. The second kappa shape index (κ2) is 7.56. The Balaban J connectivity index is 0.00000256. The molecule has 0 unspecified atom stereocenters. The first kappa shape index (κ1) is 16.3. The summed E-state index contributed by atoms with van der Waals surface area (Å²) in [6.45, 7) is 3.67. The van der Waals surface area contributed by atoms with E-state index < -0.39 is 11.7 Å². The molecule has 0 aliphatic rings. The molecule has 0 aliphatic heterocycles. The molecule has 0 heterocycles. The fourth-order valence-electron chi connectivity index (χ4n) is 1.44. The Morgan fingerprint density at radius 2 is 1.88 bits per heavy atom. The van der Waals surface area contributed by atoms with Gasteiger partial charge in [-0.05, 0) is 37.6 Å². The van der Waals surface area contributed by atoms with Gasteiger partial charge in [-0.1, -0.05) is 25.1 Å². The first-order valence-electron chi connectivity index (χ1n) is 5.41. The van der Waals surface area contributed by atoms with E-state index in [-0.39, 0.29) is 12.4 Å². The number of halogens is 4. The standard InChI is InChI=1S/C12H16F3N.ClH/c1-2-7-16-8-6-10-4-3-5-11(9-10)12(13,14)15;/h3-5,9,16H,2,6-8H2,1H3;1H. The number of hydrogen-bond acceptors (Lipinski definition) is 1. The molecule has 0 fully saturated rings. The van der Waals surface area contributed by atoms with Crippen LogP contribution >= 0.6 is 12.4 Å². The van der Waals surface area contributed by atoms with E-state index in [1.54, 1.807) is 6.07 Å². The molecule has 1 N–H and O–H groups in total. The molecule has 1 nitrogen and oxygen atoms in total. The van der Waals surface area contributed by atoms with Gasteiger partial charge in [0.2, 0.25) is 0 Å². The zero-order chi connectivity index (χ0) is 12.0. The summed E-state index contributed by atoms with van der Waals surface area (Å²) in [5, 5.41) is 3.16. The molecule has 0 saturated carbocycles. The van der Waals surface area contributed by atoms with Crippen molar-refractivity contribution in [2.45, 2.75) is 25.9 Å². The van der Waals surface area contributed by atoms with E-state index >= 15 is 0 Å². The number of alkyl halides is 3. The van der Waals surface area contributed by atoms with Gasteiger partial charge in [-0.25, -0.2) is 0 Å². The molecule has 0 amide bonds. The van der Waals surface area contributed by atoms with Gasteiger partial charge in [-0.2, -0.15) is 13.2 Å². The summed E-state index contributed by atoms with van der Waals surface area (Å²) in [7, 11) is 0.